The summed E-state index contributed by atoms with van der Waals surface area (Å²) in [6.45, 7) is 0. The standard InChI is InChI=1S/C22H19BrN2O2/c23-14-4-3-7-16(12-14)25-18-11-9-13-8-10-17(24-15-5-1-2-6-15)20(22(25)27)19(13)21(18)26/h3-4,7-12,15,18,24H,1-2,5-6H2. The second kappa shape index (κ2) is 6.34. The molecule has 5 rings (SSSR count). The number of fused-ring (bicyclic) bond motifs is 1. The van der Waals surface area contributed by atoms with E-state index < -0.39 is 6.04 Å². The van der Waals surface area contributed by atoms with Crippen LogP contribution in [0, 0.1) is 0 Å². The molecule has 136 valence electrons. The van der Waals surface area contributed by atoms with Crippen LogP contribution in [0.25, 0.3) is 6.08 Å². The number of hydrogen-bond acceptors (Lipinski definition) is 3. The van der Waals surface area contributed by atoms with Gasteiger partial charge in [0.25, 0.3) is 5.91 Å². The third-order valence-electron chi connectivity index (χ3n) is 5.72. The van der Waals surface area contributed by atoms with E-state index in [-0.39, 0.29) is 11.7 Å². The van der Waals surface area contributed by atoms with Crippen LogP contribution in [-0.4, -0.2) is 23.8 Å². The molecule has 1 saturated carbocycles. The SMILES string of the molecule is O=C1c2c3ccc(NC4CCCC4)c2C(=O)N(c2cccc(Br)c2)C1C=C3. The van der Waals surface area contributed by atoms with Gasteiger partial charge in [0.15, 0.2) is 5.78 Å². The summed E-state index contributed by atoms with van der Waals surface area (Å²) in [6.07, 6.45) is 8.42. The van der Waals surface area contributed by atoms with E-state index in [1.807, 2.05) is 48.6 Å². The van der Waals surface area contributed by atoms with Crippen molar-refractivity contribution >= 4 is 45.1 Å². The van der Waals surface area contributed by atoms with Crippen LogP contribution in [0.1, 0.15) is 52.0 Å². The first-order valence-corrected chi connectivity index (χ1v) is 10.2. The number of rotatable bonds is 3. The van der Waals surface area contributed by atoms with Gasteiger partial charge in [0.05, 0.1) is 5.56 Å². The van der Waals surface area contributed by atoms with Crippen molar-refractivity contribution in [1.29, 1.82) is 0 Å². The minimum atomic E-state index is -0.575. The molecule has 1 amide bonds. The van der Waals surface area contributed by atoms with Gasteiger partial charge in [-0.05, 0) is 42.7 Å². The minimum absolute atomic E-state index is 0.00264. The molecule has 0 aromatic heterocycles. The molecular weight excluding hydrogens is 404 g/mol. The topological polar surface area (TPSA) is 49.4 Å². The van der Waals surface area contributed by atoms with Crippen LogP contribution in [0.3, 0.4) is 0 Å². The molecule has 2 bridgehead atoms. The van der Waals surface area contributed by atoms with Gasteiger partial charge in [0, 0.05) is 27.5 Å². The summed E-state index contributed by atoms with van der Waals surface area (Å²) in [6, 6.07) is 11.2. The third-order valence-corrected chi connectivity index (χ3v) is 6.22. The highest BCUT2D eigenvalue weighted by Gasteiger charge is 2.43. The van der Waals surface area contributed by atoms with Crippen LogP contribution in [0.15, 0.2) is 46.9 Å². The van der Waals surface area contributed by atoms with Crippen LogP contribution in [0.2, 0.25) is 0 Å². The number of Topliss-reactive ketones (excluding diaryl/α,β-unsaturated/α-hetero) is 1. The van der Waals surface area contributed by atoms with Gasteiger partial charge in [0.1, 0.15) is 6.04 Å². The van der Waals surface area contributed by atoms with Gasteiger partial charge in [-0.15, -0.1) is 0 Å². The lowest BCUT2D eigenvalue weighted by molar-refractivity contribution is 0.0885. The minimum Gasteiger partial charge on any atom is -0.382 e. The van der Waals surface area contributed by atoms with Crippen molar-refractivity contribution in [3.63, 3.8) is 0 Å². The number of amides is 1. The highest BCUT2D eigenvalue weighted by Crippen LogP contribution is 2.39. The summed E-state index contributed by atoms with van der Waals surface area (Å²) in [7, 11) is 0. The first-order valence-electron chi connectivity index (χ1n) is 9.38. The zero-order chi connectivity index (χ0) is 18.5. The first-order chi connectivity index (χ1) is 13.1. The molecule has 1 heterocycles. The zero-order valence-corrected chi connectivity index (χ0v) is 16.3. The molecule has 1 unspecified atom stereocenters. The van der Waals surface area contributed by atoms with Gasteiger partial charge in [-0.1, -0.05) is 53.1 Å². The van der Waals surface area contributed by atoms with Crippen molar-refractivity contribution < 1.29 is 9.59 Å². The van der Waals surface area contributed by atoms with Crippen LogP contribution in [-0.2, 0) is 0 Å². The Kier molecular flexibility index (Phi) is 3.93. The van der Waals surface area contributed by atoms with E-state index in [0.29, 0.717) is 17.2 Å². The first kappa shape index (κ1) is 16.8. The van der Waals surface area contributed by atoms with Crippen molar-refractivity contribution in [3.05, 3.63) is 63.6 Å². The summed E-state index contributed by atoms with van der Waals surface area (Å²) in [4.78, 5) is 28.4. The Morgan fingerprint density at radius 2 is 1.85 bits per heavy atom. The van der Waals surface area contributed by atoms with Gasteiger partial charge in [-0.3, -0.25) is 14.5 Å². The fraction of sp³-hybridized carbons (Fsp3) is 0.273. The highest BCUT2D eigenvalue weighted by molar-refractivity contribution is 9.10. The van der Waals surface area contributed by atoms with Crippen molar-refractivity contribution in [1.82, 2.24) is 0 Å². The Hall–Kier alpha value is -2.40. The molecule has 27 heavy (non-hydrogen) atoms. The number of anilines is 2. The number of halogens is 1. The number of nitrogens with zero attached hydrogens (tertiary/aromatic N) is 1. The number of benzene rings is 2. The predicted octanol–water partition coefficient (Wildman–Crippen LogP) is 5.04. The molecule has 2 aromatic rings. The average molecular weight is 423 g/mol. The Morgan fingerprint density at radius 3 is 2.63 bits per heavy atom. The van der Waals surface area contributed by atoms with Gasteiger partial charge in [-0.2, -0.15) is 0 Å². The zero-order valence-electron chi connectivity index (χ0n) is 14.7. The molecule has 1 aliphatic heterocycles. The molecule has 0 spiro atoms. The van der Waals surface area contributed by atoms with E-state index in [0.717, 1.165) is 34.3 Å². The van der Waals surface area contributed by atoms with Gasteiger partial charge in [0.2, 0.25) is 0 Å². The number of carbonyl (C=O) groups is 2. The fourth-order valence-corrected chi connectivity index (χ4v) is 4.83. The second-order valence-corrected chi connectivity index (χ2v) is 8.32. The molecule has 1 N–H and O–H groups in total. The van der Waals surface area contributed by atoms with Crippen molar-refractivity contribution in [2.24, 2.45) is 0 Å². The molecular formula is C22H19BrN2O2. The van der Waals surface area contributed by atoms with Crippen molar-refractivity contribution in [2.45, 2.75) is 37.8 Å². The number of hydrogen-bond donors (Lipinski definition) is 1. The van der Waals surface area contributed by atoms with E-state index in [2.05, 4.69) is 21.2 Å². The Labute approximate surface area is 166 Å². The summed E-state index contributed by atoms with van der Waals surface area (Å²) in [5.41, 5.74) is 3.44. The van der Waals surface area contributed by atoms with Crippen LogP contribution in [0.5, 0.6) is 0 Å². The summed E-state index contributed by atoms with van der Waals surface area (Å²) >= 11 is 3.47. The molecule has 0 saturated heterocycles. The molecule has 1 atom stereocenters. The maximum Gasteiger partial charge on any atom is 0.262 e. The van der Waals surface area contributed by atoms with E-state index in [9.17, 15) is 9.59 Å². The highest BCUT2D eigenvalue weighted by atomic mass is 79.9. The third kappa shape index (κ3) is 2.64. The van der Waals surface area contributed by atoms with Gasteiger partial charge >= 0.3 is 0 Å². The molecule has 2 aromatic carbocycles. The fourth-order valence-electron chi connectivity index (χ4n) is 4.44. The molecule has 0 radical (unpaired) electrons. The maximum absolute atomic E-state index is 13.5. The number of nitrogens with one attached hydrogen (secondary N) is 1. The van der Waals surface area contributed by atoms with Gasteiger partial charge < -0.3 is 5.32 Å². The second-order valence-electron chi connectivity index (χ2n) is 7.40. The van der Waals surface area contributed by atoms with Crippen LogP contribution in [0.4, 0.5) is 11.4 Å². The lowest BCUT2D eigenvalue weighted by Gasteiger charge is -2.37. The van der Waals surface area contributed by atoms with Crippen molar-refractivity contribution in [3.8, 4) is 0 Å². The van der Waals surface area contributed by atoms with E-state index in [1.165, 1.54) is 12.8 Å². The predicted molar refractivity (Wildman–Crippen MR) is 110 cm³/mol. The summed E-state index contributed by atoms with van der Waals surface area (Å²) < 4.78 is 0.879. The summed E-state index contributed by atoms with van der Waals surface area (Å²) in [5, 5.41) is 3.54. The lowest BCUT2D eigenvalue weighted by Crippen LogP contribution is -2.50. The van der Waals surface area contributed by atoms with Crippen LogP contribution < -0.4 is 10.2 Å². The lowest BCUT2D eigenvalue weighted by atomic mass is 9.82. The molecule has 5 heteroatoms. The molecule has 1 fully saturated rings. The van der Waals surface area contributed by atoms with E-state index in [4.69, 9.17) is 0 Å². The number of carbonyl (C=O) groups excluding carboxylic acids is 2. The normalized spacial score (nSPS) is 21.1. The molecule has 4 nitrogen and oxygen atoms in total. The Morgan fingerprint density at radius 1 is 1.04 bits per heavy atom. The van der Waals surface area contributed by atoms with Crippen LogP contribution >= 0.6 is 15.9 Å². The maximum atomic E-state index is 13.5. The Balaban J connectivity index is 1.66. The number of ketones is 1. The monoisotopic (exact) mass is 422 g/mol. The van der Waals surface area contributed by atoms with Crippen molar-refractivity contribution in [2.75, 3.05) is 10.2 Å². The molecule has 2 aliphatic carbocycles. The van der Waals surface area contributed by atoms with E-state index in [1.54, 1.807) is 4.90 Å². The van der Waals surface area contributed by atoms with Gasteiger partial charge in [-0.25, -0.2) is 0 Å². The Bertz CT molecular complexity index is 992. The average Bonchev–Trinajstić information content (AvgIpc) is 3.16. The molecule has 3 aliphatic rings. The van der Waals surface area contributed by atoms with E-state index >= 15 is 0 Å². The quantitative estimate of drug-likeness (QED) is 0.753. The summed E-state index contributed by atoms with van der Waals surface area (Å²) in [5.74, 6) is -0.114. The smallest absolute Gasteiger partial charge is 0.262 e. The largest absolute Gasteiger partial charge is 0.382 e.